The average Bonchev–Trinajstić information content (AvgIpc) is 3.13. The average molecular weight is 805 g/mol. The van der Waals surface area contributed by atoms with Gasteiger partial charge < -0.3 is 18.9 Å². The van der Waals surface area contributed by atoms with E-state index in [9.17, 15) is 19.0 Å². The van der Waals surface area contributed by atoms with Crippen molar-refractivity contribution in [3.8, 4) is 0 Å². The third kappa shape index (κ3) is 42.4. The van der Waals surface area contributed by atoms with E-state index in [2.05, 4.69) is 13.8 Å². The van der Waals surface area contributed by atoms with Gasteiger partial charge in [-0.25, -0.2) is 4.57 Å². The molecule has 0 aliphatic heterocycles. The number of phosphoric acid groups is 1. The Balaban J connectivity index is 4.22. The molecule has 0 amide bonds. The van der Waals surface area contributed by atoms with Gasteiger partial charge in [0, 0.05) is 12.8 Å². The number of carbonyl (C=O) groups excluding carboxylic acids is 2. The summed E-state index contributed by atoms with van der Waals surface area (Å²) in [6, 6.07) is 0. The second-order valence-electron chi connectivity index (χ2n) is 17.2. The number of rotatable bonds is 43. The Bertz CT molecular complexity index is 912. The Kier molecular flexibility index (Phi) is 37.8. The van der Waals surface area contributed by atoms with E-state index in [1.54, 1.807) is 0 Å². The first-order valence-corrected chi connectivity index (χ1v) is 24.8. The minimum atomic E-state index is -4.36. The van der Waals surface area contributed by atoms with Crippen LogP contribution in [-0.4, -0.2) is 74.9 Å². The van der Waals surface area contributed by atoms with Crippen molar-refractivity contribution in [2.75, 3.05) is 47.5 Å². The number of nitrogens with zero attached hydrogens (tertiary/aromatic N) is 1. The lowest BCUT2D eigenvalue weighted by molar-refractivity contribution is -0.870. The van der Waals surface area contributed by atoms with Crippen LogP contribution in [0.3, 0.4) is 0 Å². The Morgan fingerprint density at radius 1 is 0.491 bits per heavy atom. The van der Waals surface area contributed by atoms with Crippen LogP contribution in [0, 0.1) is 0 Å². The lowest BCUT2D eigenvalue weighted by atomic mass is 10.0. The van der Waals surface area contributed by atoms with E-state index < -0.39 is 26.5 Å². The summed E-state index contributed by atoms with van der Waals surface area (Å²) in [5.74, 6) is -0.783. The minimum Gasteiger partial charge on any atom is -0.462 e. The topological polar surface area (TPSA) is 108 Å². The van der Waals surface area contributed by atoms with Gasteiger partial charge in [-0.05, 0) is 12.8 Å². The van der Waals surface area contributed by atoms with Crippen LogP contribution < -0.4 is 0 Å². The highest BCUT2D eigenvalue weighted by molar-refractivity contribution is 7.47. The predicted molar refractivity (Wildman–Crippen MR) is 229 cm³/mol. The zero-order chi connectivity index (χ0) is 40.7. The summed E-state index contributed by atoms with van der Waals surface area (Å²) in [5, 5.41) is 0. The Labute approximate surface area is 340 Å². The quantitative estimate of drug-likeness (QED) is 0.0281. The second kappa shape index (κ2) is 38.5. The van der Waals surface area contributed by atoms with E-state index in [1.807, 2.05) is 21.1 Å². The molecule has 1 N–H and O–H groups in total. The maximum absolute atomic E-state index is 12.7. The van der Waals surface area contributed by atoms with E-state index in [0.717, 1.165) is 38.5 Å². The number of carbonyl (C=O) groups is 2. The maximum atomic E-state index is 12.7. The molecule has 0 bridgehead atoms. The van der Waals surface area contributed by atoms with Crippen molar-refractivity contribution in [3.63, 3.8) is 0 Å². The third-order valence-electron chi connectivity index (χ3n) is 10.4. The molecule has 0 saturated heterocycles. The molecule has 0 aromatic rings. The molecule has 0 fully saturated rings. The molecular formula is C45H91NO8P+. The van der Waals surface area contributed by atoms with Crippen molar-refractivity contribution >= 4 is 19.8 Å². The van der Waals surface area contributed by atoms with Gasteiger partial charge in [0.2, 0.25) is 0 Å². The molecule has 1 unspecified atom stereocenters. The van der Waals surface area contributed by atoms with Gasteiger partial charge in [-0.2, -0.15) is 0 Å². The summed E-state index contributed by atoms with van der Waals surface area (Å²) in [6.07, 6.45) is 38.6. The van der Waals surface area contributed by atoms with Crippen LogP contribution >= 0.6 is 7.82 Å². The smallest absolute Gasteiger partial charge is 0.462 e. The normalized spacial score (nSPS) is 13.5. The summed E-state index contributed by atoms with van der Waals surface area (Å²) in [5.41, 5.74) is 0. The molecule has 328 valence electrons. The van der Waals surface area contributed by atoms with Crippen molar-refractivity contribution in [3.05, 3.63) is 0 Å². The minimum absolute atomic E-state index is 0.0368. The second-order valence-corrected chi connectivity index (χ2v) is 18.6. The monoisotopic (exact) mass is 805 g/mol. The van der Waals surface area contributed by atoms with Crippen molar-refractivity contribution in [1.82, 2.24) is 0 Å². The SMILES string of the molecule is CCCCCCCCCCCCCCCCCCCCCC(=O)OC[C@H](COP(=O)(O)OCC[N+](C)(C)C)OC(=O)CCCCCCCCCCCCCC. The number of unbranched alkanes of at least 4 members (excludes halogenated alkanes) is 29. The van der Waals surface area contributed by atoms with Gasteiger partial charge in [-0.1, -0.05) is 200 Å². The number of hydrogen-bond acceptors (Lipinski definition) is 7. The number of esters is 2. The molecule has 2 atom stereocenters. The van der Waals surface area contributed by atoms with Crippen LogP contribution in [0.25, 0.3) is 0 Å². The molecule has 0 aliphatic rings. The third-order valence-corrected chi connectivity index (χ3v) is 11.4. The lowest BCUT2D eigenvalue weighted by Crippen LogP contribution is -2.37. The van der Waals surface area contributed by atoms with E-state index >= 15 is 0 Å². The molecule has 0 aliphatic carbocycles. The zero-order valence-electron chi connectivity index (χ0n) is 36.9. The molecule has 0 heterocycles. The molecule has 0 saturated carbocycles. The fourth-order valence-electron chi connectivity index (χ4n) is 6.72. The molecule has 0 aromatic heterocycles. The fourth-order valence-corrected chi connectivity index (χ4v) is 7.46. The van der Waals surface area contributed by atoms with Crippen LogP contribution in [-0.2, 0) is 32.7 Å². The van der Waals surface area contributed by atoms with Gasteiger partial charge in [0.25, 0.3) is 0 Å². The van der Waals surface area contributed by atoms with E-state index in [-0.39, 0.29) is 25.6 Å². The molecule has 0 radical (unpaired) electrons. The van der Waals surface area contributed by atoms with Gasteiger partial charge in [0.1, 0.15) is 19.8 Å². The highest BCUT2D eigenvalue weighted by Gasteiger charge is 2.27. The van der Waals surface area contributed by atoms with Gasteiger partial charge >= 0.3 is 19.8 Å². The molecule has 0 rings (SSSR count). The van der Waals surface area contributed by atoms with Crippen LogP contribution in [0.4, 0.5) is 0 Å². The van der Waals surface area contributed by atoms with E-state index in [1.165, 1.54) is 161 Å². The highest BCUT2D eigenvalue weighted by atomic mass is 31.2. The molecule has 0 spiro atoms. The number of phosphoric ester groups is 1. The van der Waals surface area contributed by atoms with Crippen molar-refractivity contribution in [2.45, 2.75) is 232 Å². The maximum Gasteiger partial charge on any atom is 0.472 e. The summed E-state index contributed by atoms with van der Waals surface area (Å²) in [6.45, 7) is 4.46. The molecule has 55 heavy (non-hydrogen) atoms. The van der Waals surface area contributed by atoms with Crippen molar-refractivity contribution < 1.29 is 42.1 Å². The van der Waals surface area contributed by atoms with Gasteiger partial charge in [-0.3, -0.25) is 18.6 Å². The van der Waals surface area contributed by atoms with E-state index in [0.29, 0.717) is 17.4 Å². The lowest BCUT2D eigenvalue weighted by Gasteiger charge is -2.24. The number of hydrogen-bond donors (Lipinski definition) is 1. The van der Waals surface area contributed by atoms with Crippen molar-refractivity contribution in [2.24, 2.45) is 0 Å². The van der Waals surface area contributed by atoms with Gasteiger partial charge in [0.05, 0.1) is 27.7 Å². The number of ether oxygens (including phenoxy) is 2. The summed E-state index contributed by atoms with van der Waals surface area (Å²) in [7, 11) is 1.49. The predicted octanol–water partition coefficient (Wildman–Crippen LogP) is 13.2. The van der Waals surface area contributed by atoms with Crippen LogP contribution in [0.2, 0.25) is 0 Å². The van der Waals surface area contributed by atoms with Gasteiger partial charge in [0.15, 0.2) is 6.10 Å². The molecule has 10 heteroatoms. The van der Waals surface area contributed by atoms with Gasteiger partial charge in [-0.15, -0.1) is 0 Å². The summed E-state index contributed by atoms with van der Waals surface area (Å²) in [4.78, 5) is 35.4. The number of likely N-dealkylation sites (N-methyl/N-ethyl adjacent to an activating group) is 1. The first kappa shape index (κ1) is 54.0. The zero-order valence-corrected chi connectivity index (χ0v) is 37.8. The van der Waals surface area contributed by atoms with Crippen LogP contribution in [0.5, 0.6) is 0 Å². The van der Waals surface area contributed by atoms with E-state index in [4.69, 9.17) is 18.5 Å². The first-order chi connectivity index (χ1) is 26.5. The standard InChI is InChI=1S/C45H90NO8P/c1-6-8-10-12-14-16-18-20-21-22-23-24-25-26-28-29-31-33-35-37-44(47)51-41-43(42-53-55(49,50)52-40-39-46(3,4)5)54-45(48)38-36-34-32-30-27-19-17-15-13-11-9-7-2/h43H,6-42H2,1-5H3/p+1/t43-/m1/s1. The Morgan fingerprint density at radius 2 is 0.818 bits per heavy atom. The highest BCUT2D eigenvalue weighted by Crippen LogP contribution is 2.43. The first-order valence-electron chi connectivity index (χ1n) is 23.3. The fraction of sp³-hybridized carbons (Fsp3) is 0.956. The summed E-state index contributed by atoms with van der Waals surface area (Å²) >= 11 is 0. The molecule has 0 aromatic carbocycles. The Hall–Kier alpha value is -0.990. The largest absolute Gasteiger partial charge is 0.472 e. The molecular weight excluding hydrogens is 713 g/mol. The molecule has 9 nitrogen and oxygen atoms in total. The number of quaternary nitrogens is 1. The van der Waals surface area contributed by atoms with Crippen molar-refractivity contribution in [1.29, 1.82) is 0 Å². The van der Waals surface area contributed by atoms with Crippen LogP contribution in [0.15, 0.2) is 0 Å². The summed E-state index contributed by atoms with van der Waals surface area (Å²) < 4.78 is 34.3. The van der Waals surface area contributed by atoms with Crippen LogP contribution in [0.1, 0.15) is 226 Å². The Morgan fingerprint density at radius 3 is 1.16 bits per heavy atom.